The lowest BCUT2D eigenvalue weighted by molar-refractivity contribution is -0.141. The van der Waals surface area contributed by atoms with E-state index in [4.69, 9.17) is 5.11 Å². The second-order valence-electron chi connectivity index (χ2n) is 4.97. The predicted molar refractivity (Wildman–Crippen MR) is 71.0 cm³/mol. The van der Waals surface area contributed by atoms with Crippen molar-refractivity contribution in [3.8, 4) is 0 Å². The molecule has 2 rings (SSSR count). The highest BCUT2D eigenvalue weighted by molar-refractivity contribution is 5.77. The Bertz CT molecular complexity index is 519. The Balaban J connectivity index is 1.83. The summed E-state index contributed by atoms with van der Waals surface area (Å²) < 4.78 is 24.8. The number of nitrogens with zero attached hydrogens (tertiary/aromatic N) is 1. The molecule has 0 aliphatic carbocycles. The number of hydrogen-bond acceptors (Lipinski definition) is 2. The molecule has 21 heavy (non-hydrogen) atoms. The molecule has 0 saturated carbocycles. The molecule has 1 aromatic carbocycles. The number of rotatable bonds is 4. The number of aliphatic carboxylic acids is 1. The first kappa shape index (κ1) is 15.2. The van der Waals surface area contributed by atoms with Crippen LogP contribution in [0.4, 0.5) is 13.6 Å². The van der Waals surface area contributed by atoms with Crippen LogP contribution < -0.4 is 5.32 Å². The molecule has 0 spiro atoms. The highest BCUT2D eigenvalue weighted by atomic mass is 19.3. The van der Waals surface area contributed by atoms with Gasteiger partial charge in [0.05, 0.1) is 5.92 Å². The zero-order valence-corrected chi connectivity index (χ0v) is 11.3. The molecule has 2 amide bonds. The molecule has 2 N–H and O–H groups in total. The highest BCUT2D eigenvalue weighted by Crippen LogP contribution is 2.19. The van der Waals surface area contributed by atoms with Crippen molar-refractivity contribution < 1.29 is 23.5 Å². The van der Waals surface area contributed by atoms with E-state index in [1.165, 1.54) is 29.2 Å². The zero-order valence-electron chi connectivity index (χ0n) is 11.3. The smallest absolute Gasteiger partial charge is 0.317 e. The number of carboxylic acid groups (broad SMARTS) is 1. The molecular formula is C14H16F2N2O3. The van der Waals surface area contributed by atoms with Crippen molar-refractivity contribution in [1.82, 2.24) is 10.2 Å². The maximum Gasteiger partial charge on any atom is 0.317 e. The number of carbonyl (C=O) groups is 2. The lowest BCUT2D eigenvalue weighted by atomic mass is 10.1. The van der Waals surface area contributed by atoms with Crippen molar-refractivity contribution in [1.29, 1.82) is 0 Å². The van der Waals surface area contributed by atoms with Crippen LogP contribution in [0.5, 0.6) is 0 Å². The van der Waals surface area contributed by atoms with Crippen LogP contribution in [0.3, 0.4) is 0 Å². The average Bonchev–Trinajstić information content (AvgIpc) is 2.95. The first-order valence-electron chi connectivity index (χ1n) is 6.60. The van der Waals surface area contributed by atoms with Crippen molar-refractivity contribution in [2.45, 2.75) is 19.4 Å². The van der Waals surface area contributed by atoms with E-state index in [2.05, 4.69) is 5.32 Å². The summed E-state index contributed by atoms with van der Waals surface area (Å²) in [7, 11) is 0. The molecular weight excluding hydrogens is 282 g/mol. The Hall–Kier alpha value is -2.18. The largest absolute Gasteiger partial charge is 0.481 e. The summed E-state index contributed by atoms with van der Waals surface area (Å²) >= 11 is 0. The zero-order chi connectivity index (χ0) is 15.4. The average molecular weight is 298 g/mol. The summed E-state index contributed by atoms with van der Waals surface area (Å²) in [6, 6.07) is 5.37. The second kappa shape index (κ2) is 6.51. The SMILES string of the molecule is O=C(O)C1CCN(C(=O)NCc2ccc(C(F)F)cc2)C1. The van der Waals surface area contributed by atoms with Crippen molar-refractivity contribution in [3.63, 3.8) is 0 Å². The number of alkyl halides is 2. The topological polar surface area (TPSA) is 69.6 Å². The van der Waals surface area contributed by atoms with Crippen LogP contribution in [0, 0.1) is 5.92 Å². The van der Waals surface area contributed by atoms with Crippen molar-refractivity contribution in [3.05, 3.63) is 35.4 Å². The van der Waals surface area contributed by atoms with Gasteiger partial charge in [-0.05, 0) is 12.0 Å². The van der Waals surface area contributed by atoms with Crippen molar-refractivity contribution in [2.75, 3.05) is 13.1 Å². The molecule has 1 heterocycles. The van der Waals surface area contributed by atoms with Gasteiger partial charge in [-0.25, -0.2) is 13.6 Å². The Kier molecular flexibility index (Phi) is 4.72. The molecule has 1 aliphatic rings. The van der Waals surface area contributed by atoms with E-state index in [-0.39, 0.29) is 24.7 Å². The molecule has 1 aliphatic heterocycles. The predicted octanol–water partition coefficient (Wildman–Crippen LogP) is 2.24. The minimum absolute atomic E-state index is 0.0612. The van der Waals surface area contributed by atoms with Crippen LogP contribution >= 0.6 is 0 Å². The second-order valence-corrected chi connectivity index (χ2v) is 4.97. The van der Waals surface area contributed by atoms with Gasteiger partial charge in [-0.3, -0.25) is 4.79 Å². The van der Waals surface area contributed by atoms with E-state index in [1.807, 2.05) is 0 Å². The number of urea groups is 1. The molecule has 1 atom stereocenters. The van der Waals surface area contributed by atoms with Crippen molar-refractivity contribution >= 4 is 12.0 Å². The molecule has 1 unspecified atom stereocenters. The third-order valence-electron chi connectivity index (χ3n) is 3.50. The van der Waals surface area contributed by atoms with Gasteiger partial charge in [-0.2, -0.15) is 0 Å². The fraction of sp³-hybridized carbons (Fsp3) is 0.429. The van der Waals surface area contributed by atoms with Gasteiger partial charge in [0.25, 0.3) is 6.43 Å². The van der Waals surface area contributed by atoms with Gasteiger partial charge in [-0.1, -0.05) is 24.3 Å². The van der Waals surface area contributed by atoms with Crippen LogP contribution in [0.25, 0.3) is 0 Å². The van der Waals surface area contributed by atoms with Crippen molar-refractivity contribution in [2.24, 2.45) is 5.92 Å². The normalized spacial score (nSPS) is 18.0. The number of carboxylic acids is 1. The first-order valence-corrected chi connectivity index (χ1v) is 6.60. The Morgan fingerprint density at radius 3 is 2.52 bits per heavy atom. The standard InChI is InChI=1S/C14H16F2N2O3/c15-12(16)10-3-1-9(2-4-10)7-17-14(21)18-6-5-11(8-18)13(19)20/h1-4,11-12H,5-8H2,(H,17,21)(H,19,20). The van der Waals surface area contributed by atoms with Gasteiger partial charge in [0.2, 0.25) is 0 Å². The summed E-state index contributed by atoms with van der Waals surface area (Å²) in [5, 5.41) is 11.5. The summed E-state index contributed by atoms with van der Waals surface area (Å²) in [5.74, 6) is -1.41. The lowest BCUT2D eigenvalue weighted by Gasteiger charge is -2.16. The van der Waals surface area contributed by atoms with E-state index in [1.54, 1.807) is 0 Å². The number of likely N-dealkylation sites (tertiary alicyclic amines) is 1. The number of amides is 2. The summed E-state index contributed by atoms with van der Waals surface area (Å²) in [6.45, 7) is 0.829. The maximum atomic E-state index is 12.4. The van der Waals surface area contributed by atoms with Crippen LogP contribution in [-0.4, -0.2) is 35.1 Å². The third kappa shape index (κ3) is 3.90. The molecule has 114 valence electrons. The molecule has 7 heteroatoms. The Labute approximate surface area is 120 Å². The van der Waals surface area contributed by atoms with E-state index >= 15 is 0 Å². The third-order valence-corrected chi connectivity index (χ3v) is 3.50. The number of carbonyl (C=O) groups excluding carboxylic acids is 1. The summed E-state index contributed by atoms with van der Waals surface area (Å²) in [5.41, 5.74) is 0.649. The van der Waals surface area contributed by atoms with Gasteiger partial charge in [-0.15, -0.1) is 0 Å². The number of hydrogen-bond donors (Lipinski definition) is 2. The van der Waals surface area contributed by atoms with Crippen LogP contribution in [0.15, 0.2) is 24.3 Å². The summed E-state index contributed by atoms with van der Waals surface area (Å²) in [4.78, 5) is 24.1. The quantitative estimate of drug-likeness (QED) is 0.895. The minimum Gasteiger partial charge on any atom is -0.481 e. The first-order chi connectivity index (χ1) is 9.97. The van der Waals surface area contributed by atoms with Gasteiger partial charge >= 0.3 is 12.0 Å². The van der Waals surface area contributed by atoms with E-state index in [9.17, 15) is 18.4 Å². The van der Waals surface area contributed by atoms with Crippen LogP contribution in [0.1, 0.15) is 24.0 Å². The van der Waals surface area contributed by atoms with Gasteiger partial charge in [0.15, 0.2) is 0 Å². The maximum absolute atomic E-state index is 12.4. The lowest BCUT2D eigenvalue weighted by Crippen LogP contribution is -2.38. The van der Waals surface area contributed by atoms with Crippen LogP contribution in [0.2, 0.25) is 0 Å². The summed E-state index contributed by atoms with van der Waals surface area (Å²) in [6.07, 6.45) is -2.06. The number of halogens is 2. The number of nitrogens with one attached hydrogen (secondary N) is 1. The number of benzene rings is 1. The van der Waals surface area contributed by atoms with Gasteiger partial charge in [0.1, 0.15) is 0 Å². The molecule has 0 aromatic heterocycles. The van der Waals surface area contributed by atoms with E-state index in [0.717, 1.165) is 0 Å². The Morgan fingerprint density at radius 1 is 1.33 bits per heavy atom. The van der Waals surface area contributed by atoms with Gasteiger partial charge < -0.3 is 15.3 Å². The van der Waals surface area contributed by atoms with E-state index < -0.39 is 18.3 Å². The highest BCUT2D eigenvalue weighted by Gasteiger charge is 2.30. The Morgan fingerprint density at radius 2 is 2.00 bits per heavy atom. The van der Waals surface area contributed by atoms with Crippen LogP contribution in [-0.2, 0) is 11.3 Å². The monoisotopic (exact) mass is 298 g/mol. The van der Waals surface area contributed by atoms with E-state index in [0.29, 0.717) is 18.5 Å². The van der Waals surface area contributed by atoms with Gasteiger partial charge in [0, 0.05) is 25.2 Å². The fourth-order valence-corrected chi connectivity index (χ4v) is 2.22. The molecule has 1 fully saturated rings. The minimum atomic E-state index is -2.51. The molecule has 1 saturated heterocycles. The molecule has 0 bridgehead atoms. The molecule has 0 radical (unpaired) electrons. The molecule has 5 nitrogen and oxygen atoms in total. The fourth-order valence-electron chi connectivity index (χ4n) is 2.22. The molecule has 1 aromatic rings.